The molecule has 1 fully saturated rings. The van der Waals surface area contributed by atoms with E-state index in [9.17, 15) is 13.2 Å². The molecule has 2 aliphatic rings. The Labute approximate surface area is 178 Å². The molecule has 2 aromatic carbocycles. The Morgan fingerprint density at radius 2 is 1.73 bits per heavy atom. The van der Waals surface area contributed by atoms with Crippen LogP contribution in [0.2, 0.25) is 0 Å². The van der Waals surface area contributed by atoms with Crippen molar-refractivity contribution in [1.82, 2.24) is 0 Å². The lowest BCUT2D eigenvalue weighted by Gasteiger charge is -2.32. The number of fused-ring (bicyclic) bond motifs is 1. The fourth-order valence-electron chi connectivity index (χ4n) is 4.29. The number of benzene rings is 2. The largest absolute Gasteiger partial charge is 0.372 e. The lowest BCUT2D eigenvalue weighted by Crippen LogP contribution is -2.33. The summed E-state index contributed by atoms with van der Waals surface area (Å²) in [4.78, 5) is 16.1. The molecule has 0 spiro atoms. The quantitative estimate of drug-likeness (QED) is 0.800. The standard InChI is InChI=1S/C23H29N3O3S/c1-17-11-14-25(15-12-17)21-7-5-20(6-8-21)24-30(28,29)22-9-10-23-19(16-22)4-3-13-26(23)18(2)27/h5-10,16-17,24H,3-4,11-15H2,1-2H3. The molecular formula is C23H29N3O3S. The van der Waals surface area contributed by atoms with Gasteiger partial charge in [0, 0.05) is 43.6 Å². The lowest BCUT2D eigenvalue weighted by atomic mass is 9.99. The van der Waals surface area contributed by atoms with Crippen LogP contribution in [0.3, 0.4) is 0 Å². The Hall–Kier alpha value is -2.54. The van der Waals surface area contributed by atoms with Gasteiger partial charge < -0.3 is 9.80 Å². The summed E-state index contributed by atoms with van der Waals surface area (Å²) < 4.78 is 28.5. The molecule has 1 amide bonds. The van der Waals surface area contributed by atoms with E-state index in [1.165, 1.54) is 19.8 Å². The van der Waals surface area contributed by atoms with Gasteiger partial charge in [-0.2, -0.15) is 0 Å². The van der Waals surface area contributed by atoms with Crippen molar-refractivity contribution in [2.24, 2.45) is 5.92 Å². The summed E-state index contributed by atoms with van der Waals surface area (Å²) in [6.45, 7) is 6.58. The monoisotopic (exact) mass is 427 g/mol. The molecule has 2 heterocycles. The van der Waals surface area contributed by atoms with E-state index in [1.807, 2.05) is 24.3 Å². The minimum Gasteiger partial charge on any atom is -0.372 e. The molecule has 0 radical (unpaired) electrons. The summed E-state index contributed by atoms with van der Waals surface area (Å²) in [5, 5.41) is 0. The number of nitrogens with zero attached hydrogens (tertiary/aromatic N) is 2. The van der Waals surface area contributed by atoms with Gasteiger partial charge in [0.05, 0.1) is 4.90 Å². The maximum atomic E-state index is 12.9. The van der Waals surface area contributed by atoms with Crippen LogP contribution in [-0.2, 0) is 21.2 Å². The highest BCUT2D eigenvalue weighted by Gasteiger charge is 2.23. The molecule has 30 heavy (non-hydrogen) atoms. The first-order valence-electron chi connectivity index (χ1n) is 10.6. The van der Waals surface area contributed by atoms with Gasteiger partial charge in [-0.05, 0) is 79.6 Å². The van der Waals surface area contributed by atoms with Gasteiger partial charge in [0.15, 0.2) is 0 Å². The SMILES string of the molecule is CC(=O)N1CCCc2cc(S(=O)(=O)Nc3ccc(N4CCC(C)CC4)cc3)ccc21. The van der Waals surface area contributed by atoms with Gasteiger partial charge in [0.2, 0.25) is 5.91 Å². The average Bonchev–Trinajstić information content (AvgIpc) is 2.73. The Balaban J connectivity index is 1.50. The Kier molecular flexibility index (Phi) is 5.73. The second-order valence-corrected chi connectivity index (χ2v) is 10.1. The van der Waals surface area contributed by atoms with E-state index in [-0.39, 0.29) is 10.8 Å². The molecule has 0 atom stereocenters. The highest BCUT2D eigenvalue weighted by molar-refractivity contribution is 7.92. The minimum absolute atomic E-state index is 0.0204. The third-order valence-corrected chi connectivity index (χ3v) is 7.51. The first kappa shape index (κ1) is 20.7. The Morgan fingerprint density at radius 3 is 2.40 bits per heavy atom. The maximum absolute atomic E-state index is 12.9. The van der Waals surface area contributed by atoms with E-state index in [4.69, 9.17) is 0 Å². The number of hydrogen-bond donors (Lipinski definition) is 1. The molecule has 0 bridgehead atoms. The van der Waals surface area contributed by atoms with Crippen LogP contribution in [0.4, 0.5) is 17.1 Å². The molecule has 0 aromatic heterocycles. The predicted octanol–water partition coefficient (Wildman–Crippen LogP) is 4.02. The molecule has 160 valence electrons. The van der Waals surface area contributed by atoms with Crippen molar-refractivity contribution >= 4 is 33.0 Å². The minimum atomic E-state index is -3.70. The van der Waals surface area contributed by atoms with Crippen LogP contribution in [-0.4, -0.2) is 34.0 Å². The number of aryl methyl sites for hydroxylation is 1. The highest BCUT2D eigenvalue weighted by atomic mass is 32.2. The van der Waals surface area contributed by atoms with Crippen LogP contribution in [0.1, 0.15) is 38.7 Å². The number of nitrogens with one attached hydrogen (secondary N) is 1. The number of carbonyl (C=O) groups is 1. The van der Waals surface area contributed by atoms with Crippen molar-refractivity contribution < 1.29 is 13.2 Å². The van der Waals surface area contributed by atoms with Gasteiger partial charge in [0.25, 0.3) is 10.0 Å². The van der Waals surface area contributed by atoms with Crippen molar-refractivity contribution in [3.05, 3.63) is 48.0 Å². The van der Waals surface area contributed by atoms with E-state index >= 15 is 0 Å². The molecule has 0 saturated carbocycles. The smallest absolute Gasteiger partial charge is 0.261 e. The first-order valence-corrected chi connectivity index (χ1v) is 12.1. The highest BCUT2D eigenvalue weighted by Crippen LogP contribution is 2.30. The van der Waals surface area contributed by atoms with Gasteiger partial charge in [0.1, 0.15) is 0 Å². The molecule has 2 aliphatic heterocycles. The zero-order chi connectivity index (χ0) is 21.3. The van der Waals surface area contributed by atoms with Gasteiger partial charge in [-0.1, -0.05) is 6.92 Å². The van der Waals surface area contributed by atoms with Crippen LogP contribution >= 0.6 is 0 Å². The summed E-state index contributed by atoms with van der Waals surface area (Å²) in [5.41, 5.74) is 3.39. The first-order chi connectivity index (χ1) is 14.3. The molecule has 2 aromatic rings. The number of anilines is 3. The van der Waals surface area contributed by atoms with Gasteiger partial charge in [-0.15, -0.1) is 0 Å². The van der Waals surface area contributed by atoms with Crippen LogP contribution in [0, 0.1) is 5.92 Å². The van der Waals surface area contributed by atoms with Crippen LogP contribution in [0.25, 0.3) is 0 Å². The predicted molar refractivity (Wildman–Crippen MR) is 121 cm³/mol. The maximum Gasteiger partial charge on any atom is 0.261 e. The fraction of sp³-hybridized carbons (Fsp3) is 0.435. The average molecular weight is 428 g/mol. The molecule has 1 saturated heterocycles. The number of carbonyl (C=O) groups excluding carboxylic acids is 1. The van der Waals surface area contributed by atoms with Crippen LogP contribution < -0.4 is 14.5 Å². The van der Waals surface area contributed by atoms with Crippen molar-refractivity contribution in [2.45, 2.75) is 44.4 Å². The summed E-state index contributed by atoms with van der Waals surface area (Å²) in [5.74, 6) is 0.749. The Morgan fingerprint density at radius 1 is 1.03 bits per heavy atom. The number of piperidine rings is 1. The zero-order valence-corrected chi connectivity index (χ0v) is 18.4. The Bertz CT molecular complexity index is 1030. The lowest BCUT2D eigenvalue weighted by molar-refractivity contribution is -0.116. The summed E-state index contributed by atoms with van der Waals surface area (Å²) >= 11 is 0. The molecule has 0 aliphatic carbocycles. The number of hydrogen-bond acceptors (Lipinski definition) is 4. The van der Waals surface area contributed by atoms with Crippen LogP contribution in [0.5, 0.6) is 0 Å². The molecule has 6 nitrogen and oxygen atoms in total. The molecule has 4 rings (SSSR count). The summed E-state index contributed by atoms with van der Waals surface area (Å²) in [6, 6.07) is 12.6. The van der Waals surface area contributed by atoms with E-state index < -0.39 is 10.0 Å². The van der Waals surface area contributed by atoms with E-state index in [2.05, 4.69) is 16.5 Å². The topological polar surface area (TPSA) is 69.7 Å². The molecule has 1 N–H and O–H groups in total. The number of sulfonamides is 1. The molecule has 0 unspecified atom stereocenters. The number of amides is 1. The summed E-state index contributed by atoms with van der Waals surface area (Å²) in [6.07, 6.45) is 3.98. The van der Waals surface area contributed by atoms with E-state index in [0.29, 0.717) is 12.2 Å². The summed E-state index contributed by atoms with van der Waals surface area (Å²) in [7, 11) is -3.70. The van der Waals surface area contributed by atoms with Crippen LogP contribution in [0.15, 0.2) is 47.4 Å². The van der Waals surface area contributed by atoms with Crippen molar-refractivity contribution in [1.29, 1.82) is 0 Å². The van der Waals surface area contributed by atoms with Gasteiger partial charge >= 0.3 is 0 Å². The fourth-order valence-corrected chi connectivity index (χ4v) is 5.40. The van der Waals surface area contributed by atoms with Crippen molar-refractivity contribution in [3.8, 4) is 0 Å². The van der Waals surface area contributed by atoms with E-state index in [0.717, 1.165) is 48.8 Å². The normalized spacial score (nSPS) is 17.5. The van der Waals surface area contributed by atoms with Gasteiger partial charge in [-0.3, -0.25) is 9.52 Å². The van der Waals surface area contributed by atoms with Crippen molar-refractivity contribution in [3.63, 3.8) is 0 Å². The second kappa shape index (κ2) is 8.30. The van der Waals surface area contributed by atoms with Crippen molar-refractivity contribution in [2.75, 3.05) is 34.2 Å². The second-order valence-electron chi connectivity index (χ2n) is 8.39. The number of rotatable bonds is 4. The molecular weight excluding hydrogens is 398 g/mol. The third-order valence-electron chi connectivity index (χ3n) is 6.13. The third kappa shape index (κ3) is 4.31. The zero-order valence-electron chi connectivity index (χ0n) is 17.6. The van der Waals surface area contributed by atoms with E-state index in [1.54, 1.807) is 23.1 Å². The molecule has 7 heteroatoms. The van der Waals surface area contributed by atoms with Gasteiger partial charge in [-0.25, -0.2) is 8.42 Å².